The van der Waals surface area contributed by atoms with Gasteiger partial charge in [0, 0.05) is 24.5 Å². The molecule has 0 spiro atoms. The van der Waals surface area contributed by atoms with Crippen LogP contribution in [0.25, 0.3) is 11.4 Å². The van der Waals surface area contributed by atoms with Crippen molar-refractivity contribution >= 4 is 11.7 Å². The van der Waals surface area contributed by atoms with Crippen LogP contribution in [-0.4, -0.2) is 22.5 Å². The van der Waals surface area contributed by atoms with Crippen molar-refractivity contribution in [1.82, 2.24) is 15.3 Å². The average molecular weight is 230 g/mol. The molecule has 0 radical (unpaired) electrons. The molecule has 5 nitrogen and oxygen atoms in total. The van der Waals surface area contributed by atoms with Crippen molar-refractivity contribution in [2.75, 3.05) is 11.9 Å². The Morgan fingerprint density at radius 3 is 2.94 bits per heavy atom. The molecule has 2 aromatic rings. The highest BCUT2D eigenvalue weighted by Gasteiger charge is 2.08. The lowest BCUT2D eigenvalue weighted by atomic mass is 10.1. The first kappa shape index (κ1) is 11.2. The van der Waals surface area contributed by atoms with Gasteiger partial charge in [-0.15, -0.1) is 0 Å². The van der Waals surface area contributed by atoms with Gasteiger partial charge in [0.25, 0.3) is 0 Å². The maximum Gasteiger partial charge on any atom is 0.319 e. The van der Waals surface area contributed by atoms with Gasteiger partial charge in [0.05, 0.1) is 5.69 Å². The van der Waals surface area contributed by atoms with E-state index < -0.39 is 0 Å². The number of hydrogen-bond acceptors (Lipinski definition) is 2. The second-order valence-electron chi connectivity index (χ2n) is 3.47. The monoisotopic (exact) mass is 230 g/mol. The van der Waals surface area contributed by atoms with Crippen molar-refractivity contribution in [1.29, 1.82) is 0 Å². The van der Waals surface area contributed by atoms with Gasteiger partial charge in [-0.25, -0.2) is 9.78 Å². The molecule has 0 aliphatic carbocycles. The van der Waals surface area contributed by atoms with Crippen molar-refractivity contribution in [2.24, 2.45) is 0 Å². The molecule has 0 atom stereocenters. The van der Waals surface area contributed by atoms with Crippen LogP contribution in [0.15, 0.2) is 36.7 Å². The van der Waals surface area contributed by atoms with Gasteiger partial charge in [0.1, 0.15) is 5.82 Å². The Hall–Kier alpha value is -2.30. The van der Waals surface area contributed by atoms with Crippen LogP contribution in [-0.2, 0) is 0 Å². The minimum absolute atomic E-state index is 0.216. The number of nitrogens with one attached hydrogen (secondary N) is 3. The summed E-state index contributed by atoms with van der Waals surface area (Å²) in [4.78, 5) is 18.7. The summed E-state index contributed by atoms with van der Waals surface area (Å²) in [6.45, 7) is 2.47. The number of aromatic amines is 1. The second-order valence-corrected chi connectivity index (χ2v) is 3.47. The number of para-hydroxylation sites is 1. The van der Waals surface area contributed by atoms with Crippen LogP contribution in [0, 0.1) is 0 Å². The molecule has 17 heavy (non-hydrogen) atoms. The summed E-state index contributed by atoms with van der Waals surface area (Å²) in [7, 11) is 0. The molecule has 88 valence electrons. The van der Waals surface area contributed by atoms with E-state index >= 15 is 0 Å². The first-order valence-corrected chi connectivity index (χ1v) is 5.45. The van der Waals surface area contributed by atoms with E-state index in [1.54, 1.807) is 12.4 Å². The molecule has 5 heteroatoms. The number of imidazole rings is 1. The van der Waals surface area contributed by atoms with Gasteiger partial charge < -0.3 is 15.6 Å². The number of urea groups is 1. The predicted octanol–water partition coefficient (Wildman–Crippen LogP) is 2.22. The van der Waals surface area contributed by atoms with E-state index in [1.165, 1.54) is 0 Å². The van der Waals surface area contributed by atoms with E-state index in [1.807, 2.05) is 31.2 Å². The average Bonchev–Trinajstić information content (AvgIpc) is 2.83. The van der Waals surface area contributed by atoms with Crippen LogP contribution < -0.4 is 10.6 Å². The molecule has 0 bridgehead atoms. The van der Waals surface area contributed by atoms with E-state index in [4.69, 9.17) is 0 Å². The number of rotatable bonds is 3. The molecule has 1 aromatic carbocycles. The van der Waals surface area contributed by atoms with Crippen molar-refractivity contribution < 1.29 is 4.79 Å². The molecule has 0 saturated carbocycles. The minimum atomic E-state index is -0.216. The van der Waals surface area contributed by atoms with Gasteiger partial charge in [-0.1, -0.05) is 12.1 Å². The quantitative estimate of drug-likeness (QED) is 0.756. The van der Waals surface area contributed by atoms with Crippen molar-refractivity contribution in [3.63, 3.8) is 0 Å². The van der Waals surface area contributed by atoms with Gasteiger partial charge >= 0.3 is 6.03 Å². The zero-order valence-corrected chi connectivity index (χ0v) is 9.53. The summed E-state index contributed by atoms with van der Waals surface area (Å²) in [5, 5.41) is 5.48. The Bertz CT molecular complexity index is 493. The lowest BCUT2D eigenvalue weighted by molar-refractivity contribution is 0.252. The summed E-state index contributed by atoms with van der Waals surface area (Å²) >= 11 is 0. The third kappa shape index (κ3) is 2.63. The molecule has 3 N–H and O–H groups in total. The van der Waals surface area contributed by atoms with Gasteiger partial charge in [0.2, 0.25) is 0 Å². The van der Waals surface area contributed by atoms with E-state index in [2.05, 4.69) is 20.6 Å². The van der Waals surface area contributed by atoms with Crippen LogP contribution in [0.2, 0.25) is 0 Å². The first-order valence-electron chi connectivity index (χ1n) is 5.45. The van der Waals surface area contributed by atoms with Gasteiger partial charge in [0.15, 0.2) is 0 Å². The largest absolute Gasteiger partial charge is 0.345 e. The van der Waals surface area contributed by atoms with Crippen molar-refractivity contribution in [3.8, 4) is 11.4 Å². The first-order chi connectivity index (χ1) is 8.31. The molecule has 0 aliphatic rings. The summed E-state index contributed by atoms with van der Waals surface area (Å²) in [6, 6.07) is 7.30. The summed E-state index contributed by atoms with van der Waals surface area (Å²) < 4.78 is 0. The standard InChI is InChI=1S/C12H14N4O/c1-2-13-12(17)16-10-6-4-3-5-9(10)11-14-7-8-15-11/h3-8H,2H2,1H3,(H,14,15)(H2,13,16,17). The highest BCUT2D eigenvalue weighted by Crippen LogP contribution is 2.24. The van der Waals surface area contributed by atoms with Gasteiger partial charge in [-0.2, -0.15) is 0 Å². The fourth-order valence-corrected chi connectivity index (χ4v) is 1.54. The molecular formula is C12H14N4O. The number of carbonyl (C=O) groups excluding carboxylic acids is 1. The maximum absolute atomic E-state index is 11.5. The lowest BCUT2D eigenvalue weighted by Crippen LogP contribution is -2.28. The Balaban J connectivity index is 2.25. The number of hydrogen-bond donors (Lipinski definition) is 3. The van der Waals surface area contributed by atoms with Crippen LogP contribution in [0.4, 0.5) is 10.5 Å². The van der Waals surface area contributed by atoms with Crippen LogP contribution >= 0.6 is 0 Å². The third-order valence-corrected chi connectivity index (χ3v) is 2.27. The zero-order valence-electron chi connectivity index (χ0n) is 9.53. The minimum Gasteiger partial charge on any atom is -0.345 e. The van der Waals surface area contributed by atoms with Crippen molar-refractivity contribution in [2.45, 2.75) is 6.92 Å². The zero-order chi connectivity index (χ0) is 12.1. The Morgan fingerprint density at radius 1 is 1.41 bits per heavy atom. The van der Waals surface area contributed by atoms with E-state index in [9.17, 15) is 4.79 Å². The Morgan fingerprint density at radius 2 is 2.24 bits per heavy atom. The van der Waals surface area contributed by atoms with Crippen molar-refractivity contribution in [3.05, 3.63) is 36.7 Å². The normalized spacial score (nSPS) is 9.94. The molecule has 0 unspecified atom stereocenters. The topological polar surface area (TPSA) is 69.8 Å². The van der Waals surface area contributed by atoms with Crippen LogP contribution in [0.5, 0.6) is 0 Å². The number of nitrogens with zero attached hydrogens (tertiary/aromatic N) is 1. The molecule has 0 fully saturated rings. The number of amides is 2. The molecule has 1 aromatic heterocycles. The van der Waals surface area contributed by atoms with E-state index in [0.29, 0.717) is 6.54 Å². The molecule has 1 heterocycles. The van der Waals surface area contributed by atoms with Crippen LogP contribution in [0.1, 0.15) is 6.92 Å². The summed E-state index contributed by atoms with van der Waals surface area (Å²) in [5.74, 6) is 0.734. The highest BCUT2D eigenvalue weighted by atomic mass is 16.2. The second kappa shape index (κ2) is 5.16. The number of aromatic nitrogens is 2. The smallest absolute Gasteiger partial charge is 0.319 e. The van der Waals surface area contributed by atoms with Gasteiger partial charge in [-0.3, -0.25) is 0 Å². The fraction of sp³-hybridized carbons (Fsp3) is 0.167. The summed E-state index contributed by atoms with van der Waals surface area (Å²) in [5.41, 5.74) is 1.59. The molecule has 2 rings (SSSR count). The SMILES string of the molecule is CCNC(=O)Nc1ccccc1-c1ncc[nH]1. The maximum atomic E-state index is 11.5. The Labute approximate surface area is 99.3 Å². The predicted molar refractivity (Wildman–Crippen MR) is 66.7 cm³/mol. The number of benzene rings is 1. The molecule has 0 aliphatic heterocycles. The van der Waals surface area contributed by atoms with E-state index in [-0.39, 0.29) is 6.03 Å². The summed E-state index contributed by atoms with van der Waals surface area (Å²) in [6.07, 6.45) is 3.43. The molecular weight excluding hydrogens is 216 g/mol. The fourth-order valence-electron chi connectivity index (χ4n) is 1.54. The molecule has 0 saturated heterocycles. The number of H-pyrrole nitrogens is 1. The Kier molecular flexibility index (Phi) is 3.40. The highest BCUT2D eigenvalue weighted by molar-refractivity contribution is 5.93. The number of carbonyl (C=O) groups is 1. The van der Waals surface area contributed by atoms with Gasteiger partial charge in [-0.05, 0) is 19.1 Å². The number of anilines is 1. The lowest BCUT2D eigenvalue weighted by Gasteiger charge is -2.09. The van der Waals surface area contributed by atoms with E-state index in [0.717, 1.165) is 17.1 Å². The van der Waals surface area contributed by atoms with Crippen LogP contribution in [0.3, 0.4) is 0 Å². The molecule has 2 amide bonds. The third-order valence-electron chi connectivity index (χ3n) is 2.27.